The highest BCUT2D eigenvalue weighted by molar-refractivity contribution is 5.95. The Morgan fingerprint density at radius 2 is 2.19 bits per heavy atom. The number of benzene rings is 1. The molecule has 1 heterocycles. The van der Waals surface area contributed by atoms with Crippen LogP contribution in [0.4, 0.5) is 5.69 Å². The number of nitrogens with two attached hydrogens (primary N) is 1. The van der Waals surface area contributed by atoms with Crippen LogP contribution in [0.25, 0.3) is 11.1 Å². The first-order valence-corrected chi connectivity index (χ1v) is 7.34. The molecule has 2 unspecified atom stereocenters. The average Bonchev–Trinajstić information content (AvgIpc) is 3.09. The molecule has 5 heteroatoms. The van der Waals surface area contributed by atoms with Crippen LogP contribution in [-0.4, -0.2) is 16.9 Å². The molecule has 1 aromatic heterocycles. The summed E-state index contributed by atoms with van der Waals surface area (Å²) in [6.45, 7) is 0. The number of amides is 1. The van der Waals surface area contributed by atoms with Gasteiger partial charge in [-0.05, 0) is 37.5 Å². The second-order valence-electron chi connectivity index (χ2n) is 5.89. The third-order valence-corrected chi connectivity index (χ3v) is 4.05. The Morgan fingerprint density at radius 1 is 1.33 bits per heavy atom. The highest BCUT2D eigenvalue weighted by Crippen LogP contribution is 2.40. The lowest BCUT2D eigenvalue weighted by Crippen LogP contribution is -2.23. The molecule has 4 rings (SSSR count). The summed E-state index contributed by atoms with van der Waals surface area (Å²) in [6.07, 6.45) is 6.74. The number of anilines is 1. The molecule has 5 nitrogen and oxygen atoms in total. The first-order chi connectivity index (χ1) is 10.2. The molecule has 2 aliphatic carbocycles. The molecule has 1 fully saturated rings. The quantitative estimate of drug-likeness (QED) is 0.848. The lowest BCUT2D eigenvalue weighted by molar-refractivity contribution is -0.118. The van der Waals surface area contributed by atoms with E-state index >= 15 is 0 Å². The van der Waals surface area contributed by atoms with E-state index < -0.39 is 0 Å². The molecule has 21 heavy (non-hydrogen) atoms. The Labute approximate surface area is 122 Å². The third-order valence-electron chi connectivity index (χ3n) is 4.05. The maximum atomic E-state index is 12.2. The van der Waals surface area contributed by atoms with Crippen molar-refractivity contribution < 1.29 is 9.21 Å². The van der Waals surface area contributed by atoms with Crippen molar-refractivity contribution in [2.75, 3.05) is 5.32 Å². The topological polar surface area (TPSA) is 81.2 Å². The highest BCUT2D eigenvalue weighted by atomic mass is 16.3. The van der Waals surface area contributed by atoms with E-state index in [-0.39, 0.29) is 17.9 Å². The molecule has 3 N–H and O–H groups in total. The van der Waals surface area contributed by atoms with Crippen molar-refractivity contribution in [2.45, 2.75) is 31.2 Å². The molecule has 0 bridgehead atoms. The number of carbonyl (C=O) groups excluding carboxylic acids is 1. The first-order valence-electron chi connectivity index (χ1n) is 7.34. The molecule has 1 amide bonds. The minimum absolute atomic E-state index is 0.0140. The Balaban J connectivity index is 1.53. The first kappa shape index (κ1) is 12.6. The fourth-order valence-electron chi connectivity index (χ4n) is 2.68. The second-order valence-corrected chi connectivity index (χ2v) is 5.89. The Kier molecular flexibility index (Phi) is 2.82. The van der Waals surface area contributed by atoms with E-state index in [2.05, 4.69) is 10.3 Å². The molecule has 2 aliphatic rings. The summed E-state index contributed by atoms with van der Waals surface area (Å²) in [5, 5.41) is 2.92. The highest BCUT2D eigenvalue weighted by Gasteiger charge is 2.29. The van der Waals surface area contributed by atoms with Gasteiger partial charge < -0.3 is 15.5 Å². The van der Waals surface area contributed by atoms with Gasteiger partial charge >= 0.3 is 0 Å². The number of oxazole rings is 1. The largest absolute Gasteiger partial charge is 0.440 e. The van der Waals surface area contributed by atoms with Gasteiger partial charge in [-0.15, -0.1) is 0 Å². The minimum atomic E-state index is -0.143. The summed E-state index contributed by atoms with van der Waals surface area (Å²) in [5.74, 6) is 1.14. The van der Waals surface area contributed by atoms with Crippen LogP contribution in [0.1, 0.15) is 31.1 Å². The third kappa shape index (κ3) is 2.45. The van der Waals surface area contributed by atoms with Crippen molar-refractivity contribution in [3.8, 4) is 0 Å². The van der Waals surface area contributed by atoms with Crippen LogP contribution in [0.5, 0.6) is 0 Å². The zero-order valence-electron chi connectivity index (χ0n) is 11.6. The van der Waals surface area contributed by atoms with E-state index in [1.165, 1.54) is 0 Å². The van der Waals surface area contributed by atoms with Crippen molar-refractivity contribution in [1.29, 1.82) is 0 Å². The number of nitrogens with zero attached hydrogens (tertiary/aromatic N) is 1. The number of carbonyl (C=O) groups is 1. The fraction of sp³-hybridized carbons (Fsp3) is 0.375. The zero-order chi connectivity index (χ0) is 14.4. The van der Waals surface area contributed by atoms with Gasteiger partial charge in [-0.2, -0.15) is 0 Å². The standard InChI is InChI=1S/C16H17N3O2/c17-11-4-3-10(7-11)15(20)18-12-5-6-14-13(8-12)19-16(21-14)9-1-2-9/h3-6,8-11H,1-2,7,17H2,(H,18,20). The van der Waals surface area contributed by atoms with Gasteiger partial charge in [0.05, 0.1) is 5.92 Å². The lowest BCUT2D eigenvalue weighted by atomic mass is 10.1. The molecule has 2 atom stereocenters. The maximum absolute atomic E-state index is 12.2. The smallest absolute Gasteiger partial charge is 0.231 e. The van der Waals surface area contributed by atoms with E-state index in [1.807, 2.05) is 30.4 Å². The molecule has 2 aromatic rings. The van der Waals surface area contributed by atoms with Gasteiger partial charge in [0.2, 0.25) is 5.91 Å². The Bertz CT molecular complexity index is 730. The molecule has 1 aromatic carbocycles. The van der Waals surface area contributed by atoms with Crippen LogP contribution >= 0.6 is 0 Å². The minimum Gasteiger partial charge on any atom is -0.440 e. The number of nitrogens with one attached hydrogen (secondary N) is 1. The van der Waals surface area contributed by atoms with Crippen molar-refractivity contribution in [3.63, 3.8) is 0 Å². The predicted octanol–water partition coefficient (Wildman–Crippen LogP) is 2.55. The second kappa shape index (κ2) is 4.70. The van der Waals surface area contributed by atoms with Gasteiger partial charge in [0.1, 0.15) is 5.52 Å². The van der Waals surface area contributed by atoms with E-state index in [9.17, 15) is 4.79 Å². The van der Waals surface area contributed by atoms with Crippen LogP contribution in [0.3, 0.4) is 0 Å². The molecule has 108 valence electrons. The number of hydrogen-bond donors (Lipinski definition) is 2. The van der Waals surface area contributed by atoms with E-state index in [1.54, 1.807) is 0 Å². The molecule has 0 aliphatic heterocycles. The summed E-state index contributed by atoms with van der Waals surface area (Å²) in [6, 6.07) is 5.56. The molecular weight excluding hydrogens is 266 g/mol. The number of hydrogen-bond acceptors (Lipinski definition) is 4. The average molecular weight is 283 g/mol. The van der Waals surface area contributed by atoms with Crippen molar-refractivity contribution >= 4 is 22.7 Å². The van der Waals surface area contributed by atoms with E-state index in [0.29, 0.717) is 12.3 Å². The molecule has 0 saturated heterocycles. The van der Waals surface area contributed by atoms with Gasteiger partial charge in [0.25, 0.3) is 0 Å². The van der Waals surface area contributed by atoms with Crippen molar-refractivity contribution in [1.82, 2.24) is 4.98 Å². The summed E-state index contributed by atoms with van der Waals surface area (Å²) < 4.78 is 5.71. The number of fused-ring (bicyclic) bond motifs is 1. The summed E-state index contributed by atoms with van der Waals surface area (Å²) in [5.41, 5.74) is 8.10. The van der Waals surface area contributed by atoms with Crippen molar-refractivity contribution in [2.24, 2.45) is 11.7 Å². The molecule has 1 saturated carbocycles. The molecule has 0 radical (unpaired) electrons. The van der Waals surface area contributed by atoms with Crippen LogP contribution in [0.15, 0.2) is 34.8 Å². The lowest BCUT2D eigenvalue weighted by Gasteiger charge is -2.10. The van der Waals surface area contributed by atoms with E-state index in [0.717, 1.165) is 35.5 Å². The van der Waals surface area contributed by atoms with E-state index in [4.69, 9.17) is 10.2 Å². The summed E-state index contributed by atoms with van der Waals surface area (Å²) in [4.78, 5) is 16.7. The number of aromatic nitrogens is 1. The Morgan fingerprint density at radius 3 is 2.90 bits per heavy atom. The fourth-order valence-corrected chi connectivity index (χ4v) is 2.68. The predicted molar refractivity (Wildman–Crippen MR) is 79.8 cm³/mol. The van der Waals surface area contributed by atoms with Crippen LogP contribution in [0, 0.1) is 5.92 Å². The zero-order valence-corrected chi connectivity index (χ0v) is 11.6. The molecule has 0 spiro atoms. The van der Waals surface area contributed by atoms with Crippen LogP contribution in [0.2, 0.25) is 0 Å². The monoisotopic (exact) mass is 283 g/mol. The van der Waals surface area contributed by atoms with Crippen molar-refractivity contribution in [3.05, 3.63) is 36.2 Å². The summed E-state index contributed by atoms with van der Waals surface area (Å²) in [7, 11) is 0. The van der Waals surface area contributed by atoms with Crippen LogP contribution < -0.4 is 11.1 Å². The van der Waals surface area contributed by atoms with Crippen LogP contribution in [-0.2, 0) is 4.79 Å². The number of rotatable bonds is 3. The Hall–Kier alpha value is -2.14. The molecular formula is C16H17N3O2. The van der Waals surface area contributed by atoms with Gasteiger partial charge in [0.15, 0.2) is 11.5 Å². The SMILES string of the molecule is NC1C=CC(C(=O)Nc2ccc3oc(C4CC4)nc3c2)C1. The summed E-state index contributed by atoms with van der Waals surface area (Å²) >= 11 is 0. The normalized spacial score (nSPS) is 24.6. The van der Waals surface area contributed by atoms with Gasteiger partial charge in [-0.3, -0.25) is 4.79 Å². The maximum Gasteiger partial charge on any atom is 0.231 e. The van der Waals surface area contributed by atoms with Gasteiger partial charge in [-0.25, -0.2) is 4.98 Å². The van der Waals surface area contributed by atoms with Gasteiger partial charge in [0, 0.05) is 17.6 Å². The van der Waals surface area contributed by atoms with Gasteiger partial charge in [-0.1, -0.05) is 12.2 Å².